The first-order valence-electron chi connectivity index (χ1n) is 9.22. The van der Waals surface area contributed by atoms with Crippen LogP contribution < -0.4 is 15.0 Å². The predicted octanol–water partition coefficient (Wildman–Crippen LogP) is 3.11. The topological polar surface area (TPSA) is 75.7 Å². The van der Waals surface area contributed by atoms with Gasteiger partial charge in [-0.05, 0) is 56.2 Å². The van der Waals surface area contributed by atoms with Gasteiger partial charge in [0.25, 0.3) is 5.91 Å². The Bertz CT molecular complexity index is 934. The van der Waals surface area contributed by atoms with Gasteiger partial charge < -0.3 is 15.0 Å². The Morgan fingerprint density at radius 1 is 1.04 bits per heavy atom. The number of ketones is 1. The summed E-state index contributed by atoms with van der Waals surface area (Å²) in [6, 6.07) is 10.2. The molecule has 0 radical (unpaired) electrons. The molecule has 2 amide bonds. The van der Waals surface area contributed by atoms with E-state index in [-0.39, 0.29) is 17.6 Å². The van der Waals surface area contributed by atoms with Crippen molar-refractivity contribution in [3.8, 4) is 5.75 Å². The van der Waals surface area contributed by atoms with E-state index in [1.54, 1.807) is 29.2 Å². The molecule has 1 heterocycles. The molecule has 0 spiro atoms. The molecule has 0 saturated carbocycles. The lowest BCUT2D eigenvalue weighted by Crippen LogP contribution is -2.38. The number of fused-ring (bicyclic) bond motifs is 1. The third-order valence-electron chi connectivity index (χ3n) is 4.90. The molecule has 1 N–H and O–H groups in total. The van der Waals surface area contributed by atoms with Gasteiger partial charge in [0.2, 0.25) is 5.91 Å². The Morgan fingerprint density at radius 2 is 1.68 bits per heavy atom. The molecule has 2 aromatic rings. The molecular weight excluding hydrogens is 356 g/mol. The Hall–Kier alpha value is -3.15. The maximum Gasteiger partial charge on any atom is 0.254 e. The van der Waals surface area contributed by atoms with Crippen LogP contribution in [0.25, 0.3) is 0 Å². The van der Waals surface area contributed by atoms with Gasteiger partial charge in [-0.1, -0.05) is 12.1 Å². The highest BCUT2D eigenvalue weighted by molar-refractivity contribution is 6.07. The van der Waals surface area contributed by atoms with Gasteiger partial charge >= 0.3 is 0 Å². The smallest absolute Gasteiger partial charge is 0.254 e. The lowest BCUT2D eigenvalue weighted by atomic mass is 9.99. The molecule has 146 valence electrons. The summed E-state index contributed by atoms with van der Waals surface area (Å²) >= 11 is 0. The Kier molecular flexibility index (Phi) is 5.49. The number of ether oxygens (including phenoxy) is 1. The zero-order valence-electron chi connectivity index (χ0n) is 16.5. The summed E-state index contributed by atoms with van der Waals surface area (Å²) < 4.78 is 5.76. The van der Waals surface area contributed by atoms with Crippen molar-refractivity contribution in [2.45, 2.75) is 33.7 Å². The number of rotatable bonds is 6. The summed E-state index contributed by atoms with van der Waals surface area (Å²) in [7, 11) is 0. The lowest BCUT2D eigenvalue weighted by molar-refractivity contribution is -0.126. The summed E-state index contributed by atoms with van der Waals surface area (Å²) in [5.41, 5.74) is 4.27. The number of carbonyl (C=O) groups excluding carboxylic acids is 3. The number of Topliss-reactive ketones (excluding diaryl/α,β-unsaturated/α-hetero) is 1. The molecule has 0 saturated heterocycles. The maximum atomic E-state index is 13.0. The molecule has 1 aliphatic heterocycles. The first kappa shape index (κ1) is 19.6. The average Bonchev–Trinajstić information content (AvgIpc) is 2.92. The van der Waals surface area contributed by atoms with Crippen molar-refractivity contribution in [1.82, 2.24) is 5.32 Å². The molecule has 6 nitrogen and oxygen atoms in total. The van der Waals surface area contributed by atoms with Crippen molar-refractivity contribution in [3.05, 3.63) is 58.7 Å². The van der Waals surface area contributed by atoms with Crippen molar-refractivity contribution >= 4 is 23.3 Å². The van der Waals surface area contributed by atoms with Crippen molar-refractivity contribution in [3.63, 3.8) is 0 Å². The zero-order valence-corrected chi connectivity index (χ0v) is 16.5. The van der Waals surface area contributed by atoms with Crippen LogP contribution in [-0.2, 0) is 9.59 Å². The lowest BCUT2D eigenvalue weighted by Gasteiger charge is -2.20. The van der Waals surface area contributed by atoms with Crippen molar-refractivity contribution < 1.29 is 19.1 Å². The van der Waals surface area contributed by atoms with E-state index >= 15 is 0 Å². The van der Waals surface area contributed by atoms with Crippen LogP contribution in [0.2, 0.25) is 0 Å². The number of aryl methyl sites for hydroxylation is 2. The summed E-state index contributed by atoms with van der Waals surface area (Å²) in [6.45, 7) is 7.48. The first-order valence-corrected chi connectivity index (χ1v) is 9.22. The highest BCUT2D eigenvalue weighted by Crippen LogP contribution is 2.40. The zero-order chi connectivity index (χ0) is 20.4. The summed E-state index contributed by atoms with van der Waals surface area (Å²) in [4.78, 5) is 37.6. The molecule has 0 aliphatic carbocycles. The maximum absolute atomic E-state index is 13.0. The van der Waals surface area contributed by atoms with E-state index < -0.39 is 6.04 Å². The fourth-order valence-electron chi connectivity index (χ4n) is 3.53. The third kappa shape index (κ3) is 3.76. The van der Waals surface area contributed by atoms with E-state index in [1.807, 2.05) is 26.0 Å². The molecule has 2 aromatic carbocycles. The Balaban J connectivity index is 1.77. The van der Waals surface area contributed by atoms with Crippen molar-refractivity contribution in [2.24, 2.45) is 0 Å². The standard InChI is InChI=1S/C22H24N2O4/c1-13-5-6-14(2)21-19(13)20(23-16(4)26)22(27)24(21)11-12-28-18-9-7-17(8-10-18)15(3)25/h5-10,20H,11-12H2,1-4H3,(H,23,26)/t20-/m1/s1. The van der Waals surface area contributed by atoms with E-state index in [1.165, 1.54) is 13.8 Å². The van der Waals surface area contributed by atoms with Gasteiger partial charge in [-0.25, -0.2) is 0 Å². The largest absolute Gasteiger partial charge is 0.492 e. The van der Waals surface area contributed by atoms with Crippen LogP contribution in [0.5, 0.6) is 5.75 Å². The number of nitrogens with zero attached hydrogens (tertiary/aromatic N) is 1. The van der Waals surface area contributed by atoms with Gasteiger partial charge in [-0.2, -0.15) is 0 Å². The quantitative estimate of drug-likeness (QED) is 0.782. The second kappa shape index (κ2) is 7.84. The molecule has 1 atom stereocenters. The molecule has 0 unspecified atom stereocenters. The number of anilines is 1. The molecule has 1 aliphatic rings. The summed E-state index contributed by atoms with van der Waals surface area (Å²) in [6.07, 6.45) is 0. The minimum absolute atomic E-state index is 0.000628. The molecule has 3 rings (SSSR count). The normalized spacial score (nSPS) is 15.4. The minimum Gasteiger partial charge on any atom is -0.492 e. The van der Waals surface area contributed by atoms with E-state index in [9.17, 15) is 14.4 Å². The number of hydrogen-bond acceptors (Lipinski definition) is 4. The minimum atomic E-state index is -0.665. The second-order valence-electron chi connectivity index (χ2n) is 7.01. The van der Waals surface area contributed by atoms with Crippen LogP contribution in [0.15, 0.2) is 36.4 Å². The SMILES string of the molecule is CC(=O)N[C@H]1C(=O)N(CCOc2ccc(C(C)=O)cc2)c2c(C)ccc(C)c21. The number of carbonyl (C=O) groups is 3. The molecule has 0 bridgehead atoms. The average molecular weight is 380 g/mol. The Morgan fingerprint density at radius 3 is 2.29 bits per heavy atom. The number of amides is 2. The molecule has 0 fully saturated rings. The summed E-state index contributed by atoms with van der Waals surface area (Å²) in [5.74, 6) is 0.240. The monoisotopic (exact) mass is 380 g/mol. The van der Waals surface area contributed by atoms with E-state index in [0.29, 0.717) is 24.5 Å². The molecular formula is C22H24N2O4. The van der Waals surface area contributed by atoms with E-state index in [4.69, 9.17) is 4.74 Å². The van der Waals surface area contributed by atoms with Crippen LogP contribution in [-0.4, -0.2) is 30.7 Å². The van der Waals surface area contributed by atoms with E-state index in [0.717, 1.165) is 22.4 Å². The highest BCUT2D eigenvalue weighted by Gasteiger charge is 2.39. The van der Waals surface area contributed by atoms with Crippen LogP contribution in [0.3, 0.4) is 0 Å². The number of nitrogens with one attached hydrogen (secondary N) is 1. The van der Waals surface area contributed by atoms with Gasteiger partial charge in [0, 0.05) is 18.1 Å². The van der Waals surface area contributed by atoms with Gasteiger partial charge in [0.15, 0.2) is 5.78 Å². The van der Waals surface area contributed by atoms with Crippen LogP contribution >= 0.6 is 0 Å². The van der Waals surface area contributed by atoms with Gasteiger partial charge in [-0.15, -0.1) is 0 Å². The number of hydrogen-bond donors (Lipinski definition) is 1. The Labute approximate surface area is 164 Å². The third-order valence-corrected chi connectivity index (χ3v) is 4.90. The van der Waals surface area contributed by atoms with E-state index in [2.05, 4.69) is 5.32 Å². The fourth-order valence-corrected chi connectivity index (χ4v) is 3.53. The van der Waals surface area contributed by atoms with Crippen molar-refractivity contribution in [1.29, 1.82) is 0 Å². The van der Waals surface area contributed by atoms with Gasteiger partial charge in [0.05, 0.1) is 12.2 Å². The van der Waals surface area contributed by atoms with Crippen LogP contribution in [0, 0.1) is 13.8 Å². The first-order chi connectivity index (χ1) is 13.3. The molecule has 28 heavy (non-hydrogen) atoms. The molecule has 0 aromatic heterocycles. The highest BCUT2D eigenvalue weighted by atomic mass is 16.5. The van der Waals surface area contributed by atoms with Gasteiger partial charge in [-0.3, -0.25) is 14.4 Å². The number of benzene rings is 2. The van der Waals surface area contributed by atoms with Crippen molar-refractivity contribution in [2.75, 3.05) is 18.1 Å². The molecule has 6 heteroatoms. The van der Waals surface area contributed by atoms with Gasteiger partial charge in [0.1, 0.15) is 18.4 Å². The predicted molar refractivity (Wildman–Crippen MR) is 107 cm³/mol. The van der Waals surface area contributed by atoms with Crippen LogP contribution in [0.1, 0.15) is 46.9 Å². The summed E-state index contributed by atoms with van der Waals surface area (Å²) in [5, 5.41) is 2.77. The van der Waals surface area contributed by atoms with Crippen LogP contribution in [0.4, 0.5) is 5.69 Å². The fraction of sp³-hybridized carbons (Fsp3) is 0.318. The second-order valence-corrected chi connectivity index (χ2v) is 7.01.